The molecule has 0 saturated heterocycles. The number of carbonyl (C=O) groups excluding carboxylic acids is 1. The van der Waals surface area contributed by atoms with E-state index in [1.807, 2.05) is 0 Å². The van der Waals surface area contributed by atoms with E-state index in [-0.39, 0.29) is 12.5 Å². The smallest absolute Gasteiger partial charge is 0.263 e. The van der Waals surface area contributed by atoms with Crippen molar-refractivity contribution in [3.05, 3.63) is 53.4 Å². The van der Waals surface area contributed by atoms with E-state index in [4.69, 9.17) is 30.3 Å². The Morgan fingerprint density at radius 1 is 1.17 bits per heavy atom. The lowest BCUT2D eigenvalue weighted by Crippen LogP contribution is -2.37. The summed E-state index contributed by atoms with van der Waals surface area (Å²) in [5.41, 5.74) is 0.703. The van der Waals surface area contributed by atoms with Crippen LogP contribution in [0, 0.1) is 0 Å². The quantitative estimate of drug-likeness (QED) is 0.535. The molecule has 3 rings (SSSR count). The Labute approximate surface area is 179 Å². The standard InChI is InChI=1S/C21H22ClN3O5/c1-13(29-16-7-5-6-15(22)11-16)21(26)25(2)12-19-23-20(24-30-19)14-8-9-17(27-3)18(10-14)28-4/h5-11,13H,12H2,1-4H3/t13-/m0/s1. The summed E-state index contributed by atoms with van der Waals surface area (Å²) in [5.74, 6) is 2.12. The molecule has 0 bridgehead atoms. The number of benzene rings is 2. The van der Waals surface area contributed by atoms with E-state index < -0.39 is 6.10 Å². The Hall–Kier alpha value is -3.26. The molecule has 0 radical (unpaired) electrons. The van der Waals surface area contributed by atoms with Gasteiger partial charge in [-0.25, -0.2) is 0 Å². The second kappa shape index (κ2) is 9.49. The van der Waals surface area contributed by atoms with Gasteiger partial charge in [-0.15, -0.1) is 0 Å². The third-order valence-corrected chi connectivity index (χ3v) is 4.55. The average molecular weight is 432 g/mol. The van der Waals surface area contributed by atoms with Crippen LogP contribution < -0.4 is 14.2 Å². The van der Waals surface area contributed by atoms with Crippen LogP contribution in [0.4, 0.5) is 0 Å². The Kier molecular flexibility index (Phi) is 6.79. The summed E-state index contributed by atoms with van der Waals surface area (Å²) in [6.07, 6.45) is -0.707. The van der Waals surface area contributed by atoms with Crippen molar-refractivity contribution in [2.24, 2.45) is 0 Å². The number of methoxy groups -OCH3 is 2. The lowest BCUT2D eigenvalue weighted by molar-refractivity contribution is -0.137. The fraction of sp³-hybridized carbons (Fsp3) is 0.286. The molecule has 0 saturated carbocycles. The van der Waals surface area contributed by atoms with Crippen molar-refractivity contribution in [2.45, 2.75) is 19.6 Å². The molecule has 0 aliphatic heterocycles. The van der Waals surface area contributed by atoms with Crippen LogP contribution in [0.1, 0.15) is 12.8 Å². The summed E-state index contributed by atoms with van der Waals surface area (Å²) < 4.78 is 21.5. The van der Waals surface area contributed by atoms with Crippen molar-refractivity contribution >= 4 is 17.5 Å². The fourth-order valence-corrected chi connectivity index (χ4v) is 2.98. The first-order chi connectivity index (χ1) is 14.4. The molecular formula is C21H22ClN3O5. The molecule has 0 N–H and O–H groups in total. The minimum atomic E-state index is -0.707. The number of hydrogen-bond acceptors (Lipinski definition) is 7. The lowest BCUT2D eigenvalue weighted by atomic mass is 10.2. The molecule has 0 aliphatic rings. The second-order valence-corrected chi connectivity index (χ2v) is 6.93. The minimum Gasteiger partial charge on any atom is -0.493 e. The fourth-order valence-electron chi connectivity index (χ4n) is 2.80. The molecule has 8 nitrogen and oxygen atoms in total. The van der Waals surface area contributed by atoms with E-state index in [0.717, 1.165) is 0 Å². The third-order valence-electron chi connectivity index (χ3n) is 4.32. The predicted molar refractivity (Wildman–Crippen MR) is 111 cm³/mol. The third kappa shape index (κ3) is 5.01. The van der Waals surface area contributed by atoms with Gasteiger partial charge < -0.3 is 23.6 Å². The van der Waals surface area contributed by atoms with Gasteiger partial charge in [-0.1, -0.05) is 22.8 Å². The van der Waals surface area contributed by atoms with Crippen LogP contribution in [0.3, 0.4) is 0 Å². The number of likely N-dealkylation sites (N-methyl/N-ethyl adjacent to an activating group) is 1. The maximum absolute atomic E-state index is 12.6. The van der Waals surface area contributed by atoms with Crippen LogP contribution in [0.2, 0.25) is 5.02 Å². The molecule has 3 aromatic rings. The average Bonchev–Trinajstić information content (AvgIpc) is 3.21. The monoisotopic (exact) mass is 431 g/mol. The Morgan fingerprint density at radius 3 is 2.63 bits per heavy atom. The maximum atomic E-state index is 12.6. The Balaban J connectivity index is 1.65. The zero-order chi connectivity index (χ0) is 21.7. The number of nitrogens with zero attached hydrogens (tertiary/aromatic N) is 3. The number of hydrogen-bond donors (Lipinski definition) is 0. The molecule has 0 aliphatic carbocycles. The minimum absolute atomic E-state index is 0.141. The van der Waals surface area contributed by atoms with Gasteiger partial charge in [0.1, 0.15) is 5.75 Å². The van der Waals surface area contributed by atoms with Gasteiger partial charge in [-0.3, -0.25) is 4.79 Å². The predicted octanol–water partition coefficient (Wildman–Crippen LogP) is 3.83. The highest BCUT2D eigenvalue weighted by Gasteiger charge is 2.22. The van der Waals surface area contributed by atoms with Crippen LogP contribution >= 0.6 is 11.6 Å². The van der Waals surface area contributed by atoms with Crippen molar-refractivity contribution < 1.29 is 23.5 Å². The molecule has 1 atom stereocenters. The van der Waals surface area contributed by atoms with Crippen LogP contribution in [0.15, 0.2) is 47.0 Å². The summed E-state index contributed by atoms with van der Waals surface area (Å²) in [6, 6.07) is 12.2. The van der Waals surface area contributed by atoms with Crippen LogP contribution in [-0.2, 0) is 11.3 Å². The van der Waals surface area contributed by atoms with E-state index in [1.54, 1.807) is 70.7 Å². The zero-order valence-electron chi connectivity index (χ0n) is 17.1. The van der Waals surface area contributed by atoms with E-state index in [2.05, 4.69) is 10.1 Å². The van der Waals surface area contributed by atoms with Crippen molar-refractivity contribution in [3.8, 4) is 28.6 Å². The maximum Gasteiger partial charge on any atom is 0.263 e. The topological polar surface area (TPSA) is 86.9 Å². The van der Waals surface area contributed by atoms with Crippen molar-refractivity contribution in [3.63, 3.8) is 0 Å². The normalized spacial score (nSPS) is 11.6. The summed E-state index contributed by atoms with van der Waals surface area (Å²) in [5, 5.41) is 4.52. The summed E-state index contributed by atoms with van der Waals surface area (Å²) >= 11 is 5.95. The first kappa shape index (κ1) is 21.4. The lowest BCUT2D eigenvalue weighted by Gasteiger charge is -2.20. The van der Waals surface area contributed by atoms with Crippen molar-refractivity contribution in [1.29, 1.82) is 0 Å². The Morgan fingerprint density at radius 2 is 1.93 bits per heavy atom. The molecule has 0 spiro atoms. The molecule has 1 aromatic heterocycles. The molecular weight excluding hydrogens is 410 g/mol. The molecule has 1 heterocycles. The van der Waals surface area contributed by atoms with Crippen LogP contribution in [-0.4, -0.2) is 48.3 Å². The SMILES string of the molecule is COc1ccc(-c2noc(CN(C)C(=O)[C@H](C)Oc3cccc(Cl)c3)n2)cc1OC. The van der Waals surface area contributed by atoms with Gasteiger partial charge in [0.05, 0.1) is 20.8 Å². The van der Waals surface area contributed by atoms with Crippen molar-refractivity contribution in [2.75, 3.05) is 21.3 Å². The van der Waals surface area contributed by atoms with Gasteiger partial charge >= 0.3 is 0 Å². The molecule has 158 valence electrons. The van der Waals surface area contributed by atoms with Crippen LogP contribution in [0.25, 0.3) is 11.4 Å². The number of amides is 1. The second-order valence-electron chi connectivity index (χ2n) is 6.49. The van der Waals surface area contributed by atoms with Gasteiger partial charge in [0.15, 0.2) is 17.6 Å². The number of halogens is 1. The van der Waals surface area contributed by atoms with E-state index in [9.17, 15) is 4.79 Å². The number of rotatable bonds is 8. The zero-order valence-corrected chi connectivity index (χ0v) is 17.8. The van der Waals surface area contributed by atoms with Gasteiger partial charge in [0.25, 0.3) is 5.91 Å². The van der Waals surface area contributed by atoms with Gasteiger partial charge in [-0.2, -0.15) is 4.98 Å². The van der Waals surface area contributed by atoms with Gasteiger partial charge in [0.2, 0.25) is 11.7 Å². The number of carbonyl (C=O) groups is 1. The summed E-state index contributed by atoms with van der Waals surface area (Å²) in [4.78, 5) is 18.4. The highest BCUT2D eigenvalue weighted by molar-refractivity contribution is 6.30. The first-order valence-corrected chi connectivity index (χ1v) is 9.51. The number of aromatic nitrogens is 2. The van der Waals surface area contributed by atoms with Crippen molar-refractivity contribution in [1.82, 2.24) is 15.0 Å². The molecule has 9 heteroatoms. The highest BCUT2D eigenvalue weighted by atomic mass is 35.5. The highest BCUT2D eigenvalue weighted by Crippen LogP contribution is 2.31. The van der Waals surface area contributed by atoms with E-state index >= 15 is 0 Å². The first-order valence-electron chi connectivity index (χ1n) is 9.13. The largest absolute Gasteiger partial charge is 0.493 e. The number of ether oxygens (including phenoxy) is 3. The molecule has 1 amide bonds. The summed E-state index contributed by atoms with van der Waals surface area (Å²) in [6.45, 7) is 1.81. The Bertz CT molecular complexity index is 1020. The van der Waals surface area contributed by atoms with Crippen LogP contribution in [0.5, 0.6) is 17.2 Å². The summed E-state index contributed by atoms with van der Waals surface area (Å²) in [7, 11) is 4.75. The molecule has 0 unspecified atom stereocenters. The van der Waals surface area contributed by atoms with E-state index in [0.29, 0.717) is 39.5 Å². The van der Waals surface area contributed by atoms with E-state index in [1.165, 1.54) is 4.90 Å². The molecule has 30 heavy (non-hydrogen) atoms. The van der Waals surface area contributed by atoms with Gasteiger partial charge in [0, 0.05) is 17.6 Å². The molecule has 2 aromatic carbocycles. The molecule has 0 fully saturated rings. The van der Waals surface area contributed by atoms with Gasteiger partial charge in [-0.05, 0) is 43.3 Å².